The number of hydrogen-bond donors (Lipinski definition) is 1. The van der Waals surface area contributed by atoms with Gasteiger partial charge < -0.3 is 0 Å². The second-order valence-corrected chi connectivity index (χ2v) is 6.79. The first kappa shape index (κ1) is 18.8. The van der Waals surface area contributed by atoms with Crippen LogP contribution in [0.25, 0.3) is 0 Å². The molecule has 1 aromatic carbocycles. The molecule has 0 amide bonds. The molecule has 1 aliphatic heterocycles. The molecule has 1 aromatic rings. The molecule has 9 heteroatoms. The molecule has 1 heterocycles. The van der Waals surface area contributed by atoms with Gasteiger partial charge in [0.15, 0.2) is 0 Å². The minimum absolute atomic E-state index is 0. The first-order chi connectivity index (χ1) is 9.94. The van der Waals surface area contributed by atoms with Crippen molar-refractivity contribution >= 4 is 28.1 Å². The van der Waals surface area contributed by atoms with Crippen LogP contribution in [-0.4, -0.2) is 43.9 Å². The second kappa shape index (κ2) is 7.87. The van der Waals surface area contributed by atoms with Gasteiger partial charge in [-0.05, 0) is 38.1 Å². The zero-order valence-corrected chi connectivity index (χ0v) is 13.9. The molecular formula is C13H20ClN3O4S. The summed E-state index contributed by atoms with van der Waals surface area (Å²) in [5.74, 6) is 0. The van der Waals surface area contributed by atoms with Crippen molar-refractivity contribution in [3.63, 3.8) is 0 Å². The molecular weight excluding hydrogens is 330 g/mol. The van der Waals surface area contributed by atoms with Gasteiger partial charge in [0.2, 0.25) is 10.0 Å². The number of nitrogens with one attached hydrogen (secondary N) is 1. The molecule has 1 fully saturated rings. The molecule has 1 aliphatic rings. The van der Waals surface area contributed by atoms with Crippen LogP contribution in [0.4, 0.5) is 5.69 Å². The average Bonchev–Trinajstić information content (AvgIpc) is 2.93. The fraction of sp³-hybridized carbons (Fsp3) is 0.538. The molecule has 0 saturated carbocycles. The van der Waals surface area contributed by atoms with Crippen LogP contribution in [-0.2, 0) is 10.0 Å². The van der Waals surface area contributed by atoms with Crippen molar-refractivity contribution < 1.29 is 13.3 Å². The lowest BCUT2D eigenvalue weighted by Gasteiger charge is -2.22. The summed E-state index contributed by atoms with van der Waals surface area (Å²) in [6, 6.07) is 5.13. The van der Waals surface area contributed by atoms with E-state index in [0.717, 1.165) is 25.9 Å². The summed E-state index contributed by atoms with van der Waals surface area (Å²) in [6.45, 7) is 4.33. The summed E-state index contributed by atoms with van der Waals surface area (Å²) < 4.78 is 26.9. The maximum absolute atomic E-state index is 12.2. The van der Waals surface area contributed by atoms with E-state index in [4.69, 9.17) is 0 Å². The highest BCUT2D eigenvalue weighted by atomic mass is 35.5. The minimum atomic E-state index is -3.62. The van der Waals surface area contributed by atoms with Gasteiger partial charge in [-0.25, -0.2) is 13.1 Å². The number of non-ortho nitro benzene ring substituents is 1. The van der Waals surface area contributed by atoms with Gasteiger partial charge in [-0.1, -0.05) is 6.92 Å². The Bertz CT molecular complexity index is 606. The zero-order valence-electron chi connectivity index (χ0n) is 12.3. The third-order valence-corrected chi connectivity index (χ3v) is 5.21. The molecule has 0 radical (unpaired) electrons. The van der Waals surface area contributed by atoms with Crippen LogP contribution in [0.5, 0.6) is 0 Å². The van der Waals surface area contributed by atoms with Crippen molar-refractivity contribution in [3.05, 3.63) is 34.4 Å². The summed E-state index contributed by atoms with van der Waals surface area (Å²) in [4.78, 5) is 12.3. The summed E-state index contributed by atoms with van der Waals surface area (Å²) in [6.07, 6.45) is 2.06. The van der Waals surface area contributed by atoms with E-state index in [-0.39, 0.29) is 29.0 Å². The van der Waals surface area contributed by atoms with E-state index in [2.05, 4.69) is 16.5 Å². The Balaban J connectivity index is 0.00000242. The average molecular weight is 350 g/mol. The van der Waals surface area contributed by atoms with E-state index in [9.17, 15) is 18.5 Å². The molecule has 1 unspecified atom stereocenters. The van der Waals surface area contributed by atoms with Gasteiger partial charge >= 0.3 is 0 Å². The highest BCUT2D eigenvalue weighted by molar-refractivity contribution is 7.89. The number of likely N-dealkylation sites (N-methyl/N-ethyl adjacent to an activating group) is 1. The predicted octanol–water partition coefficient (Wildman–Crippen LogP) is 1.78. The van der Waals surface area contributed by atoms with Gasteiger partial charge in [-0.15, -0.1) is 12.4 Å². The van der Waals surface area contributed by atoms with Crippen molar-refractivity contribution in [2.24, 2.45) is 0 Å². The first-order valence-electron chi connectivity index (χ1n) is 6.92. The number of likely N-dealkylation sites (tertiary alicyclic amines) is 1. The van der Waals surface area contributed by atoms with Crippen LogP contribution < -0.4 is 4.72 Å². The summed E-state index contributed by atoms with van der Waals surface area (Å²) >= 11 is 0. The number of nitro groups is 1. The van der Waals surface area contributed by atoms with E-state index in [1.165, 1.54) is 24.3 Å². The van der Waals surface area contributed by atoms with E-state index < -0.39 is 14.9 Å². The quantitative estimate of drug-likeness (QED) is 0.624. The smallest absolute Gasteiger partial charge is 0.269 e. The minimum Gasteiger partial charge on any atom is -0.299 e. The number of sulfonamides is 1. The van der Waals surface area contributed by atoms with E-state index in [1.54, 1.807) is 0 Å². The van der Waals surface area contributed by atoms with Gasteiger partial charge in [0, 0.05) is 24.7 Å². The molecule has 0 bridgehead atoms. The molecule has 0 aliphatic carbocycles. The molecule has 124 valence electrons. The summed E-state index contributed by atoms with van der Waals surface area (Å²) in [7, 11) is -3.62. The summed E-state index contributed by atoms with van der Waals surface area (Å²) in [5.41, 5.74) is -0.123. The lowest BCUT2D eigenvalue weighted by molar-refractivity contribution is -0.384. The third-order valence-electron chi connectivity index (χ3n) is 3.77. The van der Waals surface area contributed by atoms with Crippen LogP contribution in [0.3, 0.4) is 0 Å². The van der Waals surface area contributed by atoms with E-state index >= 15 is 0 Å². The lowest BCUT2D eigenvalue weighted by atomic mass is 10.2. The predicted molar refractivity (Wildman–Crippen MR) is 85.8 cm³/mol. The highest BCUT2D eigenvalue weighted by Gasteiger charge is 2.25. The second-order valence-electron chi connectivity index (χ2n) is 5.03. The molecule has 2 rings (SSSR count). The maximum Gasteiger partial charge on any atom is 0.269 e. The number of halogens is 1. The molecule has 0 spiro atoms. The van der Waals surface area contributed by atoms with Crippen molar-refractivity contribution in [2.75, 3.05) is 19.6 Å². The Morgan fingerprint density at radius 3 is 2.55 bits per heavy atom. The number of nitrogens with zero attached hydrogens (tertiary/aromatic N) is 2. The lowest BCUT2D eigenvalue weighted by Crippen LogP contribution is -2.39. The molecule has 22 heavy (non-hydrogen) atoms. The van der Waals surface area contributed by atoms with Crippen molar-refractivity contribution in [2.45, 2.75) is 30.7 Å². The normalized spacial score (nSPS) is 18.9. The number of nitro benzene ring substituents is 1. The Morgan fingerprint density at radius 1 is 1.36 bits per heavy atom. The number of benzene rings is 1. The van der Waals surface area contributed by atoms with Crippen LogP contribution in [0, 0.1) is 10.1 Å². The van der Waals surface area contributed by atoms with Gasteiger partial charge in [-0.3, -0.25) is 15.0 Å². The van der Waals surface area contributed by atoms with Gasteiger partial charge in [0.1, 0.15) is 0 Å². The standard InChI is InChI=1S/C13H19N3O4S.ClH/c1-2-15-9-3-4-12(15)10-14-21(19,20)13-7-5-11(6-8-13)16(17)18;/h5-8,12,14H,2-4,9-10H2,1H3;1H. The Labute approximate surface area is 136 Å². The fourth-order valence-corrected chi connectivity index (χ4v) is 3.65. The van der Waals surface area contributed by atoms with Crippen LogP contribution in [0.15, 0.2) is 29.2 Å². The largest absolute Gasteiger partial charge is 0.299 e. The molecule has 1 N–H and O–H groups in total. The van der Waals surface area contributed by atoms with E-state index in [1.807, 2.05) is 0 Å². The topological polar surface area (TPSA) is 92.6 Å². The molecule has 7 nitrogen and oxygen atoms in total. The summed E-state index contributed by atoms with van der Waals surface area (Å²) in [5, 5.41) is 10.6. The van der Waals surface area contributed by atoms with Gasteiger partial charge in [-0.2, -0.15) is 0 Å². The van der Waals surface area contributed by atoms with E-state index in [0.29, 0.717) is 6.54 Å². The van der Waals surface area contributed by atoms with Crippen LogP contribution in [0.1, 0.15) is 19.8 Å². The number of hydrogen-bond acceptors (Lipinski definition) is 5. The van der Waals surface area contributed by atoms with Crippen molar-refractivity contribution in [1.29, 1.82) is 0 Å². The van der Waals surface area contributed by atoms with Gasteiger partial charge in [0.25, 0.3) is 5.69 Å². The zero-order chi connectivity index (χ0) is 15.5. The van der Waals surface area contributed by atoms with Gasteiger partial charge in [0.05, 0.1) is 9.82 Å². The van der Waals surface area contributed by atoms with Crippen molar-refractivity contribution in [3.8, 4) is 0 Å². The molecule has 0 aromatic heterocycles. The SMILES string of the molecule is CCN1CCCC1CNS(=O)(=O)c1ccc([N+](=O)[O-])cc1.Cl. The van der Waals surface area contributed by atoms with Crippen molar-refractivity contribution in [1.82, 2.24) is 9.62 Å². The monoisotopic (exact) mass is 349 g/mol. The van der Waals surface area contributed by atoms with Crippen LogP contribution >= 0.6 is 12.4 Å². The first-order valence-corrected chi connectivity index (χ1v) is 8.40. The maximum atomic E-state index is 12.2. The van der Waals surface area contributed by atoms with Crippen LogP contribution in [0.2, 0.25) is 0 Å². The Kier molecular flexibility index (Phi) is 6.73. The third kappa shape index (κ3) is 4.39. The highest BCUT2D eigenvalue weighted by Crippen LogP contribution is 2.18. The Hall–Kier alpha value is -1.22. The molecule has 1 saturated heterocycles. The number of rotatable bonds is 6. The fourth-order valence-electron chi connectivity index (χ4n) is 2.58. The Morgan fingerprint density at radius 2 is 2.00 bits per heavy atom. The molecule has 1 atom stereocenters.